The highest BCUT2D eigenvalue weighted by Crippen LogP contribution is 2.13. The van der Waals surface area contributed by atoms with E-state index in [4.69, 9.17) is 0 Å². The van der Waals surface area contributed by atoms with Gasteiger partial charge in [0.2, 0.25) is 0 Å². The zero-order valence-electron chi connectivity index (χ0n) is 12.9. The summed E-state index contributed by atoms with van der Waals surface area (Å²) in [6.45, 7) is 1.26. The van der Waals surface area contributed by atoms with E-state index >= 15 is 0 Å². The largest absolute Gasteiger partial charge is 0.505 e. The maximum absolute atomic E-state index is 12.2. The van der Waals surface area contributed by atoms with E-state index in [1.165, 1.54) is 22.6 Å². The Morgan fingerprint density at radius 1 is 1.22 bits per heavy atom. The number of carbonyl (C=O) groups is 1. The van der Waals surface area contributed by atoms with Gasteiger partial charge in [0.25, 0.3) is 16.1 Å². The highest BCUT2D eigenvalue weighted by atomic mass is 32.2. The molecule has 1 fully saturated rings. The van der Waals surface area contributed by atoms with Gasteiger partial charge in [0.1, 0.15) is 5.75 Å². The summed E-state index contributed by atoms with van der Waals surface area (Å²) in [5, 5.41) is 12.0. The summed E-state index contributed by atoms with van der Waals surface area (Å²) < 4.78 is 28.2. The number of amides is 1. The van der Waals surface area contributed by atoms with Crippen LogP contribution >= 0.6 is 0 Å². The number of aromatic hydroxyl groups is 1. The van der Waals surface area contributed by atoms with Gasteiger partial charge in [-0.15, -0.1) is 0 Å². The predicted molar refractivity (Wildman–Crippen MR) is 85.2 cm³/mol. The summed E-state index contributed by atoms with van der Waals surface area (Å²) in [5.41, 5.74) is -0.0807. The van der Waals surface area contributed by atoms with E-state index in [2.05, 4.69) is 15.0 Å². The van der Waals surface area contributed by atoms with Crippen LogP contribution in [0.2, 0.25) is 0 Å². The first-order valence-electron chi connectivity index (χ1n) is 7.67. The van der Waals surface area contributed by atoms with E-state index in [9.17, 15) is 18.3 Å². The Kier molecular flexibility index (Phi) is 6.31. The minimum Gasteiger partial charge on any atom is -0.505 e. The fraction of sp³-hybridized carbons (Fsp3) is 0.571. The van der Waals surface area contributed by atoms with Crippen molar-refractivity contribution in [3.05, 3.63) is 24.0 Å². The quantitative estimate of drug-likeness (QED) is 0.641. The standard InChI is InChI=1S/C14H22N4O4S/c19-12-6-5-7-15-13(12)14(20)16-8-9-17-23(21,22)18-10-3-1-2-4-11-18/h5-7,17,19H,1-4,8-11H2,(H,16,20). The van der Waals surface area contributed by atoms with Crippen LogP contribution in [0.3, 0.4) is 0 Å². The molecule has 0 unspecified atom stereocenters. The third kappa shape index (κ3) is 5.15. The van der Waals surface area contributed by atoms with Gasteiger partial charge in [0, 0.05) is 32.4 Å². The van der Waals surface area contributed by atoms with Crippen molar-refractivity contribution in [1.29, 1.82) is 0 Å². The van der Waals surface area contributed by atoms with E-state index in [1.54, 1.807) is 0 Å². The molecule has 9 heteroatoms. The first-order valence-corrected chi connectivity index (χ1v) is 9.11. The van der Waals surface area contributed by atoms with Crippen molar-refractivity contribution in [2.75, 3.05) is 26.2 Å². The molecule has 0 atom stereocenters. The van der Waals surface area contributed by atoms with Crippen molar-refractivity contribution < 1.29 is 18.3 Å². The maximum Gasteiger partial charge on any atom is 0.279 e. The fourth-order valence-corrected chi connectivity index (χ4v) is 3.67. The van der Waals surface area contributed by atoms with Crippen LogP contribution in [0.15, 0.2) is 18.3 Å². The van der Waals surface area contributed by atoms with Gasteiger partial charge in [-0.1, -0.05) is 12.8 Å². The minimum absolute atomic E-state index is 0.0807. The smallest absolute Gasteiger partial charge is 0.279 e. The molecule has 1 amide bonds. The van der Waals surface area contributed by atoms with Crippen molar-refractivity contribution in [2.24, 2.45) is 0 Å². The van der Waals surface area contributed by atoms with Crippen molar-refractivity contribution in [3.63, 3.8) is 0 Å². The summed E-state index contributed by atoms with van der Waals surface area (Å²) in [7, 11) is -3.51. The number of nitrogens with one attached hydrogen (secondary N) is 2. The van der Waals surface area contributed by atoms with Crippen LogP contribution < -0.4 is 10.0 Å². The van der Waals surface area contributed by atoms with Crippen molar-refractivity contribution in [2.45, 2.75) is 25.7 Å². The van der Waals surface area contributed by atoms with Crippen LogP contribution in [0.5, 0.6) is 5.75 Å². The average molecular weight is 342 g/mol. The van der Waals surface area contributed by atoms with Gasteiger partial charge in [0.15, 0.2) is 5.69 Å². The molecule has 1 aromatic heterocycles. The summed E-state index contributed by atoms with van der Waals surface area (Å²) in [6, 6.07) is 2.88. The summed E-state index contributed by atoms with van der Waals surface area (Å²) in [5.74, 6) is -0.757. The third-order valence-corrected chi connectivity index (χ3v) is 5.22. The summed E-state index contributed by atoms with van der Waals surface area (Å²) in [4.78, 5) is 15.6. The van der Waals surface area contributed by atoms with Crippen LogP contribution in [0.4, 0.5) is 0 Å². The molecule has 1 aliphatic rings. The van der Waals surface area contributed by atoms with E-state index in [1.807, 2.05) is 0 Å². The number of pyridine rings is 1. The number of aromatic nitrogens is 1. The first-order chi connectivity index (χ1) is 11.0. The Morgan fingerprint density at radius 3 is 2.57 bits per heavy atom. The number of nitrogens with zero attached hydrogens (tertiary/aromatic N) is 2. The Hall–Kier alpha value is -1.71. The van der Waals surface area contributed by atoms with E-state index in [-0.39, 0.29) is 24.5 Å². The van der Waals surface area contributed by atoms with Crippen molar-refractivity contribution in [1.82, 2.24) is 19.3 Å². The molecular weight excluding hydrogens is 320 g/mol. The molecule has 128 valence electrons. The Labute approximate surface area is 136 Å². The molecule has 0 radical (unpaired) electrons. The molecule has 3 N–H and O–H groups in total. The molecule has 0 aliphatic carbocycles. The lowest BCUT2D eigenvalue weighted by molar-refractivity contribution is 0.0946. The van der Waals surface area contributed by atoms with Gasteiger partial charge in [-0.2, -0.15) is 12.7 Å². The molecule has 23 heavy (non-hydrogen) atoms. The lowest BCUT2D eigenvalue weighted by Crippen LogP contribution is -2.44. The van der Waals surface area contributed by atoms with Crippen LogP contribution in [0.25, 0.3) is 0 Å². The van der Waals surface area contributed by atoms with Crippen molar-refractivity contribution in [3.8, 4) is 5.75 Å². The Balaban J connectivity index is 1.78. The number of carbonyl (C=O) groups excluding carboxylic acids is 1. The van der Waals surface area contributed by atoms with E-state index in [0.717, 1.165) is 25.7 Å². The van der Waals surface area contributed by atoms with E-state index in [0.29, 0.717) is 13.1 Å². The van der Waals surface area contributed by atoms with Gasteiger partial charge >= 0.3 is 0 Å². The number of hydrogen-bond acceptors (Lipinski definition) is 5. The molecule has 0 saturated carbocycles. The predicted octanol–water partition coefficient (Wildman–Crippen LogP) is 0.227. The molecule has 8 nitrogen and oxygen atoms in total. The second kappa shape index (κ2) is 8.23. The van der Waals surface area contributed by atoms with Crippen LogP contribution in [-0.2, 0) is 10.2 Å². The summed E-state index contributed by atoms with van der Waals surface area (Å²) in [6.07, 6.45) is 5.25. The normalized spacial score (nSPS) is 16.7. The highest BCUT2D eigenvalue weighted by Gasteiger charge is 2.22. The van der Waals surface area contributed by atoms with Gasteiger partial charge in [-0.05, 0) is 25.0 Å². The van der Waals surface area contributed by atoms with Crippen LogP contribution in [0, 0.1) is 0 Å². The second-order valence-electron chi connectivity index (χ2n) is 5.34. The Bertz CT molecular complexity index is 627. The monoisotopic (exact) mass is 342 g/mol. The lowest BCUT2D eigenvalue weighted by Gasteiger charge is -2.20. The van der Waals surface area contributed by atoms with Gasteiger partial charge in [-0.3, -0.25) is 4.79 Å². The topological polar surface area (TPSA) is 112 Å². The molecule has 1 aromatic rings. The number of rotatable bonds is 6. The molecule has 0 bridgehead atoms. The zero-order valence-corrected chi connectivity index (χ0v) is 13.7. The molecule has 2 rings (SSSR count). The molecule has 1 aliphatic heterocycles. The third-order valence-electron chi connectivity index (χ3n) is 3.60. The lowest BCUT2D eigenvalue weighted by atomic mass is 10.2. The minimum atomic E-state index is -3.51. The molecule has 2 heterocycles. The first kappa shape index (κ1) is 17.6. The fourth-order valence-electron chi connectivity index (χ4n) is 2.38. The van der Waals surface area contributed by atoms with Gasteiger partial charge in [0.05, 0.1) is 0 Å². The molecule has 1 saturated heterocycles. The van der Waals surface area contributed by atoms with Crippen LogP contribution in [0.1, 0.15) is 36.2 Å². The molecule has 0 spiro atoms. The maximum atomic E-state index is 12.2. The van der Waals surface area contributed by atoms with Crippen LogP contribution in [-0.4, -0.2) is 54.9 Å². The second-order valence-corrected chi connectivity index (χ2v) is 7.09. The van der Waals surface area contributed by atoms with Gasteiger partial charge < -0.3 is 10.4 Å². The molecule has 0 aromatic carbocycles. The Morgan fingerprint density at radius 2 is 1.91 bits per heavy atom. The van der Waals surface area contributed by atoms with Gasteiger partial charge in [-0.25, -0.2) is 9.71 Å². The average Bonchev–Trinajstić information content (AvgIpc) is 2.81. The van der Waals surface area contributed by atoms with Crippen molar-refractivity contribution >= 4 is 16.1 Å². The highest BCUT2D eigenvalue weighted by molar-refractivity contribution is 7.87. The number of hydrogen-bond donors (Lipinski definition) is 3. The molecular formula is C14H22N4O4S. The zero-order chi connectivity index (χ0) is 16.7. The van der Waals surface area contributed by atoms with E-state index < -0.39 is 16.1 Å². The SMILES string of the molecule is O=C(NCCNS(=O)(=O)N1CCCCCC1)c1ncccc1O. The summed E-state index contributed by atoms with van der Waals surface area (Å²) >= 11 is 0.